The third-order valence-electron chi connectivity index (χ3n) is 14.6. The Balaban J connectivity index is 0.912. The van der Waals surface area contributed by atoms with Gasteiger partial charge in [-0.1, -0.05) is 152 Å². The summed E-state index contributed by atoms with van der Waals surface area (Å²) in [6, 6.07) is 78.8. The fourth-order valence-electron chi connectivity index (χ4n) is 11.2. The van der Waals surface area contributed by atoms with Gasteiger partial charge in [0.15, 0.2) is 11.4 Å². The summed E-state index contributed by atoms with van der Waals surface area (Å²) >= 11 is 0. The third-order valence-corrected chi connectivity index (χ3v) is 14.6. The molecule has 8 nitrogen and oxygen atoms in total. The zero-order valence-electron chi connectivity index (χ0n) is 40.0. The van der Waals surface area contributed by atoms with Crippen molar-refractivity contribution in [3.63, 3.8) is 0 Å². The number of aromatic nitrogens is 5. The van der Waals surface area contributed by atoms with E-state index in [0.717, 1.165) is 77.6 Å². The zero-order chi connectivity index (χ0) is 50.1. The van der Waals surface area contributed by atoms with Crippen molar-refractivity contribution in [2.45, 2.75) is 0 Å². The van der Waals surface area contributed by atoms with Gasteiger partial charge in [-0.05, 0) is 90.0 Å². The fraction of sp³-hybridized carbons (Fsp3) is 0. The summed E-state index contributed by atoms with van der Waals surface area (Å²) in [6.45, 7) is 24.4. The smallest absolute Gasteiger partial charge is 0.211 e. The van der Waals surface area contributed by atoms with Crippen molar-refractivity contribution < 1.29 is 0 Å². The summed E-state index contributed by atoms with van der Waals surface area (Å²) in [5.74, 6) is 0.408. The van der Waals surface area contributed by atoms with Gasteiger partial charge in [-0.25, -0.2) is 24.5 Å². The Hall–Kier alpha value is -10.9. The quantitative estimate of drug-likeness (QED) is 0.149. The van der Waals surface area contributed by atoms with Crippen molar-refractivity contribution in [3.05, 3.63) is 265 Å². The van der Waals surface area contributed by atoms with E-state index in [-0.39, 0.29) is 0 Å². The topological polar surface area (TPSA) is 53.6 Å². The van der Waals surface area contributed by atoms with Gasteiger partial charge >= 0.3 is 0 Å². The van der Waals surface area contributed by atoms with Crippen LogP contribution in [0.3, 0.4) is 0 Å². The molecule has 0 aliphatic rings. The number of benzene rings is 10. The number of hydrogen-bond donors (Lipinski definition) is 0. The van der Waals surface area contributed by atoms with Gasteiger partial charge < -0.3 is 13.7 Å². The van der Waals surface area contributed by atoms with Crippen molar-refractivity contribution in [3.8, 4) is 62.1 Å². The van der Waals surface area contributed by atoms with Gasteiger partial charge in [0.1, 0.15) is 5.82 Å². The van der Waals surface area contributed by atoms with Gasteiger partial charge in [0, 0.05) is 60.4 Å². The van der Waals surface area contributed by atoms with Crippen LogP contribution in [0.2, 0.25) is 0 Å². The molecule has 0 spiro atoms. The molecule has 10 aromatic carbocycles. The van der Waals surface area contributed by atoms with E-state index in [4.69, 9.17) is 29.7 Å². The molecule has 0 N–H and O–H groups in total. The molecule has 0 radical (unpaired) electrons. The molecule has 0 saturated carbocycles. The highest BCUT2D eigenvalue weighted by Gasteiger charge is 2.21. The van der Waals surface area contributed by atoms with Crippen molar-refractivity contribution in [2.24, 2.45) is 0 Å². The second-order valence-electron chi connectivity index (χ2n) is 18.6. The van der Waals surface area contributed by atoms with E-state index in [1.807, 2.05) is 72.8 Å². The zero-order valence-corrected chi connectivity index (χ0v) is 40.0. The first kappa shape index (κ1) is 43.0. The van der Waals surface area contributed by atoms with Gasteiger partial charge in [-0.3, -0.25) is 0 Å². The summed E-state index contributed by atoms with van der Waals surface area (Å²) in [5, 5.41) is 6.97. The van der Waals surface area contributed by atoms with Crippen molar-refractivity contribution >= 4 is 82.5 Å². The van der Waals surface area contributed by atoms with Gasteiger partial charge in [0.25, 0.3) is 0 Å². The van der Waals surface area contributed by atoms with Crippen molar-refractivity contribution in [2.75, 3.05) is 0 Å². The Morgan fingerprint density at radius 3 is 1.23 bits per heavy atom. The van der Waals surface area contributed by atoms with Gasteiger partial charge in [0.2, 0.25) is 5.69 Å². The molecule has 0 saturated heterocycles. The maximum atomic E-state index is 8.67. The van der Waals surface area contributed by atoms with Gasteiger partial charge in [-0.2, -0.15) is 0 Å². The average Bonchev–Trinajstić information content (AvgIpc) is 4.12. The van der Waals surface area contributed by atoms with E-state index < -0.39 is 0 Å². The standard InChI is InChI=1S/C67H38N8/c1-68-55-22-10-4-20-51(55)58-41-57(71-67(72-58)52-21-5-11-23-56(52)69-2)43-30-28-42(29-31-43)44-32-35-66(59(38-44)70-3)75-64-36-33-45(73-60-24-12-6-16-47(60)48-17-7-13-25-61(48)73)39-53(64)54-40-46(34-37-65(54)75)74-62-26-14-8-18-49(62)50-19-9-15-27-63(50)74/h4-41H. The molecule has 75 heavy (non-hydrogen) atoms. The van der Waals surface area contributed by atoms with Crippen molar-refractivity contribution in [1.29, 1.82) is 0 Å². The molecule has 0 atom stereocenters. The van der Waals surface area contributed by atoms with Gasteiger partial charge in [-0.15, -0.1) is 0 Å². The van der Waals surface area contributed by atoms with Crippen LogP contribution in [-0.2, 0) is 0 Å². The van der Waals surface area contributed by atoms with E-state index in [2.05, 4.69) is 174 Å². The molecule has 0 bridgehead atoms. The molecule has 14 aromatic rings. The summed E-state index contributed by atoms with van der Waals surface area (Å²) in [7, 11) is 0. The first-order valence-corrected chi connectivity index (χ1v) is 24.6. The number of hydrogen-bond acceptors (Lipinski definition) is 2. The van der Waals surface area contributed by atoms with Crippen LogP contribution in [0, 0.1) is 19.7 Å². The number of nitrogens with zero attached hydrogens (tertiary/aromatic N) is 8. The Morgan fingerprint density at radius 2 is 0.707 bits per heavy atom. The maximum Gasteiger partial charge on any atom is 0.211 e. The summed E-state index contributed by atoms with van der Waals surface area (Å²) in [4.78, 5) is 21.7. The first-order valence-electron chi connectivity index (χ1n) is 24.6. The van der Waals surface area contributed by atoms with Crippen LogP contribution in [0.5, 0.6) is 0 Å². The average molecular weight is 955 g/mol. The number of para-hydroxylation sites is 6. The lowest BCUT2D eigenvalue weighted by atomic mass is 10.0. The van der Waals surface area contributed by atoms with Crippen LogP contribution in [0.25, 0.3) is 142 Å². The normalized spacial score (nSPS) is 11.4. The molecule has 0 amide bonds. The predicted molar refractivity (Wildman–Crippen MR) is 306 cm³/mol. The third kappa shape index (κ3) is 6.81. The lowest BCUT2D eigenvalue weighted by Crippen LogP contribution is -1.97. The second kappa shape index (κ2) is 17.2. The van der Waals surface area contributed by atoms with E-state index in [1.54, 1.807) is 12.1 Å². The lowest BCUT2D eigenvalue weighted by Gasteiger charge is -2.14. The Labute approximate surface area is 431 Å². The number of rotatable bonds is 7. The minimum atomic E-state index is 0.408. The van der Waals surface area contributed by atoms with E-state index in [1.165, 1.54) is 21.5 Å². The monoisotopic (exact) mass is 954 g/mol. The van der Waals surface area contributed by atoms with Crippen LogP contribution in [0.1, 0.15) is 0 Å². The van der Waals surface area contributed by atoms with E-state index >= 15 is 0 Å². The van der Waals surface area contributed by atoms with Crippen LogP contribution >= 0.6 is 0 Å². The molecule has 8 heteroatoms. The van der Waals surface area contributed by atoms with Crippen molar-refractivity contribution in [1.82, 2.24) is 23.7 Å². The lowest BCUT2D eigenvalue weighted by molar-refractivity contribution is 1.16. The summed E-state index contributed by atoms with van der Waals surface area (Å²) in [6.07, 6.45) is 0. The maximum absolute atomic E-state index is 8.67. The van der Waals surface area contributed by atoms with E-state index in [9.17, 15) is 0 Å². The Morgan fingerprint density at radius 1 is 0.293 bits per heavy atom. The first-order chi connectivity index (χ1) is 37.1. The highest BCUT2D eigenvalue weighted by atomic mass is 15.0. The van der Waals surface area contributed by atoms with Crippen LogP contribution in [0.4, 0.5) is 17.1 Å². The van der Waals surface area contributed by atoms with Crippen LogP contribution in [0.15, 0.2) is 231 Å². The molecule has 346 valence electrons. The highest BCUT2D eigenvalue weighted by Crippen LogP contribution is 2.43. The summed E-state index contributed by atoms with van der Waals surface area (Å²) in [5.41, 5.74) is 16.2. The Kier molecular flexibility index (Phi) is 9.85. The number of fused-ring (bicyclic) bond motifs is 9. The van der Waals surface area contributed by atoms with Crippen LogP contribution in [-0.4, -0.2) is 23.7 Å². The second-order valence-corrected chi connectivity index (χ2v) is 18.6. The molecule has 0 unspecified atom stereocenters. The molecular formula is C67H38N8. The molecule has 0 fully saturated rings. The molecule has 4 heterocycles. The fourth-order valence-corrected chi connectivity index (χ4v) is 11.2. The highest BCUT2D eigenvalue weighted by molar-refractivity contribution is 6.14. The van der Waals surface area contributed by atoms with Crippen LogP contribution < -0.4 is 0 Å². The Bertz CT molecular complexity index is 4460. The minimum absolute atomic E-state index is 0.408. The largest absolute Gasteiger partial charge is 0.319 e. The van der Waals surface area contributed by atoms with E-state index in [0.29, 0.717) is 45.4 Å². The molecule has 14 rings (SSSR count). The molecule has 0 aliphatic heterocycles. The molecule has 0 aliphatic carbocycles. The summed E-state index contributed by atoms with van der Waals surface area (Å²) < 4.78 is 6.97. The molecular weight excluding hydrogens is 917 g/mol. The minimum Gasteiger partial charge on any atom is -0.319 e. The SMILES string of the molecule is [C-]#[N+]c1ccccc1-c1cc(-c2ccc(-c3ccc(-n4c5ccc(-n6c7ccccc7c7ccccc76)cc5c5cc(-n6c7ccccc7c7ccccc76)ccc54)c([N+]#[C-])c3)cc2)nc(-c2ccccc2[N+]#[C-])n1. The predicted octanol–water partition coefficient (Wildman–Crippen LogP) is 18.1. The van der Waals surface area contributed by atoms with Gasteiger partial charge in [0.05, 0.1) is 69.9 Å². The molecule has 4 aromatic heterocycles.